The number of nitrogens with zero attached hydrogens (tertiary/aromatic N) is 3. The number of fused-ring (bicyclic) bond motifs is 1. The van der Waals surface area contributed by atoms with E-state index in [1.54, 1.807) is 54.5 Å². The highest BCUT2D eigenvalue weighted by Gasteiger charge is 2.51. The molecular weight excluding hydrogens is 651 g/mol. The predicted molar refractivity (Wildman–Crippen MR) is 182 cm³/mol. The molecule has 15 heteroatoms. The van der Waals surface area contributed by atoms with Gasteiger partial charge in [-0.1, -0.05) is 18.6 Å². The zero-order valence-corrected chi connectivity index (χ0v) is 28.2. The molecule has 0 radical (unpaired) electrons. The summed E-state index contributed by atoms with van der Waals surface area (Å²) >= 11 is 0. The first-order chi connectivity index (χ1) is 23.9. The molecule has 0 unspecified atom stereocenters. The van der Waals surface area contributed by atoms with Crippen molar-refractivity contribution in [3.63, 3.8) is 0 Å². The van der Waals surface area contributed by atoms with Crippen LogP contribution in [0.5, 0.6) is 0 Å². The van der Waals surface area contributed by atoms with Crippen molar-refractivity contribution in [3.05, 3.63) is 69.8 Å². The highest BCUT2D eigenvalue weighted by molar-refractivity contribution is 6.07. The molecule has 2 heterocycles. The Labute approximate surface area is 287 Å². The minimum absolute atomic E-state index is 0.0137. The van der Waals surface area contributed by atoms with Crippen LogP contribution in [0.2, 0.25) is 0 Å². The molecule has 2 aromatic carbocycles. The molecule has 1 aliphatic heterocycles. The lowest BCUT2D eigenvalue weighted by Crippen LogP contribution is -2.58. The van der Waals surface area contributed by atoms with Gasteiger partial charge in [0.25, 0.3) is 0 Å². The molecule has 1 aliphatic carbocycles. The number of amides is 4. The highest BCUT2D eigenvalue weighted by Crippen LogP contribution is 2.41. The summed E-state index contributed by atoms with van der Waals surface area (Å²) in [7, 11) is 0. The number of hydrogen-bond acceptors (Lipinski definition) is 8. The number of carboxylic acids is 1. The number of aromatic carboxylic acids is 1. The molecule has 1 saturated carbocycles. The van der Waals surface area contributed by atoms with Crippen LogP contribution >= 0.6 is 0 Å². The Kier molecular flexibility index (Phi) is 10.7. The molecule has 1 atom stereocenters. The number of nitrogens with one attached hydrogen (secondary N) is 3. The number of halogens is 1. The van der Waals surface area contributed by atoms with E-state index < -0.39 is 52.1 Å². The molecule has 0 spiro atoms. The van der Waals surface area contributed by atoms with Crippen molar-refractivity contribution < 1.29 is 38.2 Å². The molecule has 2 aliphatic rings. The minimum Gasteiger partial charge on any atom is -0.477 e. The number of aromatic nitrogens is 1. The van der Waals surface area contributed by atoms with E-state index in [4.69, 9.17) is 4.74 Å². The van der Waals surface area contributed by atoms with E-state index in [-0.39, 0.29) is 36.7 Å². The van der Waals surface area contributed by atoms with E-state index in [1.165, 1.54) is 17.2 Å². The first-order valence-electron chi connectivity index (χ1n) is 16.6. The number of carbonyl (C=O) groups is 5. The number of aryl methyl sites for hydroxylation is 1. The molecule has 1 saturated heterocycles. The number of benzene rings is 2. The summed E-state index contributed by atoms with van der Waals surface area (Å²) in [6, 6.07) is 8.42. The second-order valence-electron chi connectivity index (χ2n) is 12.5. The van der Waals surface area contributed by atoms with Crippen molar-refractivity contribution in [2.45, 2.75) is 59.2 Å². The van der Waals surface area contributed by atoms with Gasteiger partial charge in [-0.05, 0) is 63.4 Å². The summed E-state index contributed by atoms with van der Waals surface area (Å²) in [5.41, 5.74) is -0.484. The molecule has 3 aromatic rings. The summed E-state index contributed by atoms with van der Waals surface area (Å²) in [4.78, 5) is 78.4. The Balaban J connectivity index is 1.11. The smallest absolute Gasteiger partial charge is 0.410 e. The van der Waals surface area contributed by atoms with E-state index >= 15 is 4.39 Å². The van der Waals surface area contributed by atoms with Crippen LogP contribution in [-0.2, 0) is 32.3 Å². The third kappa shape index (κ3) is 7.26. The molecule has 0 bridgehead atoms. The van der Waals surface area contributed by atoms with Crippen LogP contribution in [0.15, 0.2) is 47.4 Å². The fourth-order valence-electron chi connectivity index (χ4n) is 6.17. The molecule has 5 rings (SSSR count). The maximum Gasteiger partial charge on any atom is 0.410 e. The molecule has 4 N–H and O–H groups in total. The van der Waals surface area contributed by atoms with Crippen molar-refractivity contribution in [1.29, 1.82) is 0 Å². The Morgan fingerprint density at radius 1 is 1.00 bits per heavy atom. The topological polar surface area (TPSA) is 179 Å². The third-order valence-corrected chi connectivity index (χ3v) is 9.34. The Morgan fingerprint density at radius 2 is 1.68 bits per heavy atom. The van der Waals surface area contributed by atoms with Crippen molar-refractivity contribution in [2.75, 3.05) is 42.9 Å². The quantitative estimate of drug-likeness (QED) is 0.220. The largest absolute Gasteiger partial charge is 0.477 e. The van der Waals surface area contributed by atoms with Crippen molar-refractivity contribution in [2.24, 2.45) is 5.41 Å². The molecule has 4 amide bonds. The predicted octanol–water partition coefficient (Wildman–Crippen LogP) is 3.07. The van der Waals surface area contributed by atoms with E-state index in [2.05, 4.69) is 16.0 Å². The summed E-state index contributed by atoms with van der Waals surface area (Å²) < 4.78 is 22.3. The maximum atomic E-state index is 15.2. The highest BCUT2D eigenvalue weighted by atomic mass is 19.1. The van der Waals surface area contributed by atoms with Gasteiger partial charge in [-0.3, -0.25) is 19.2 Å². The summed E-state index contributed by atoms with van der Waals surface area (Å²) in [5.74, 6) is -3.26. The first kappa shape index (κ1) is 35.8. The average Bonchev–Trinajstić information content (AvgIpc) is 3.07. The Morgan fingerprint density at radius 3 is 2.26 bits per heavy atom. The molecule has 50 heavy (non-hydrogen) atoms. The van der Waals surface area contributed by atoms with E-state index in [0.717, 1.165) is 12.5 Å². The van der Waals surface area contributed by atoms with Gasteiger partial charge in [0.2, 0.25) is 23.2 Å². The fraction of sp³-hybridized carbons (Fsp3) is 0.429. The first-order valence-corrected chi connectivity index (χ1v) is 16.6. The van der Waals surface area contributed by atoms with Crippen LogP contribution in [0.3, 0.4) is 0 Å². The van der Waals surface area contributed by atoms with Crippen LogP contribution < -0.4 is 26.3 Å². The number of anilines is 2. The lowest BCUT2D eigenvalue weighted by Gasteiger charge is -2.39. The fourth-order valence-corrected chi connectivity index (χ4v) is 6.17. The van der Waals surface area contributed by atoms with Crippen molar-refractivity contribution >= 4 is 52.1 Å². The monoisotopic (exact) mass is 692 g/mol. The van der Waals surface area contributed by atoms with Gasteiger partial charge in [0, 0.05) is 56.5 Å². The van der Waals surface area contributed by atoms with Crippen molar-refractivity contribution in [1.82, 2.24) is 20.1 Å². The van der Waals surface area contributed by atoms with E-state index in [0.29, 0.717) is 55.8 Å². The van der Waals surface area contributed by atoms with Gasteiger partial charge in [-0.25, -0.2) is 14.0 Å². The Hall–Kier alpha value is -5.47. The van der Waals surface area contributed by atoms with Crippen LogP contribution in [0.25, 0.3) is 10.9 Å². The molecule has 2 fully saturated rings. The number of carboxylic acid groups (broad SMARTS) is 1. The van der Waals surface area contributed by atoms with Gasteiger partial charge >= 0.3 is 12.1 Å². The van der Waals surface area contributed by atoms with E-state index in [9.17, 15) is 33.9 Å². The molecule has 14 nitrogen and oxygen atoms in total. The summed E-state index contributed by atoms with van der Waals surface area (Å²) in [5, 5.41) is 17.5. The number of carbonyl (C=O) groups excluding carboxylic acids is 4. The van der Waals surface area contributed by atoms with Gasteiger partial charge < -0.3 is 40.2 Å². The lowest BCUT2D eigenvalue weighted by molar-refractivity contribution is -0.150. The van der Waals surface area contributed by atoms with Crippen LogP contribution in [-0.4, -0.2) is 83.1 Å². The van der Waals surface area contributed by atoms with Gasteiger partial charge in [0.1, 0.15) is 29.4 Å². The van der Waals surface area contributed by atoms with Gasteiger partial charge in [0.05, 0.1) is 11.2 Å². The minimum atomic E-state index is -1.38. The maximum absolute atomic E-state index is 15.2. The van der Waals surface area contributed by atoms with E-state index in [1.807, 2.05) is 0 Å². The SMILES string of the molecule is CCNC(=O)C1(C(=O)N[C@@H](C)C(=O)Nc2ccc(COC(=O)N3CCN(c4cc5c(cc4F)c(=O)c(C(=O)O)cn5CC)CC3)cc2)CCC1. The van der Waals surface area contributed by atoms with Crippen LogP contribution in [0, 0.1) is 11.2 Å². The molecule has 1 aromatic heterocycles. The number of pyridine rings is 1. The second kappa shape index (κ2) is 15.0. The van der Waals surface area contributed by atoms with Gasteiger partial charge in [-0.2, -0.15) is 0 Å². The standard InChI is InChI=1S/C35H41FN6O8/c1-4-37-32(47)35(11-6-12-35)33(48)38-21(3)30(44)39-23-9-7-22(8-10-23)20-50-34(49)42-15-13-41(14-16-42)28-18-27-24(17-26(28)36)29(43)25(31(45)46)19-40(27)5-2/h7-10,17-19,21H,4-6,11-16,20H2,1-3H3,(H,37,47)(H,38,48)(H,39,44)(H,45,46)/t21-/m0/s1. The lowest BCUT2D eigenvalue weighted by atomic mass is 9.67. The summed E-state index contributed by atoms with van der Waals surface area (Å²) in [6.45, 7) is 7.03. The second-order valence-corrected chi connectivity index (χ2v) is 12.5. The third-order valence-electron chi connectivity index (χ3n) is 9.34. The van der Waals surface area contributed by atoms with Crippen LogP contribution in [0.1, 0.15) is 56.0 Å². The average molecular weight is 693 g/mol. The zero-order valence-electron chi connectivity index (χ0n) is 28.2. The number of piperazine rings is 1. The summed E-state index contributed by atoms with van der Waals surface area (Å²) in [6.07, 6.45) is 2.37. The molecule has 266 valence electrons. The number of rotatable bonds is 11. The van der Waals surface area contributed by atoms with Crippen LogP contribution in [0.4, 0.5) is 20.6 Å². The van der Waals surface area contributed by atoms with Gasteiger partial charge in [0.15, 0.2) is 0 Å². The zero-order chi connectivity index (χ0) is 36.2. The normalized spacial score (nSPS) is 15.8. The Bertz CT molecular complexity index is 1870. The van der Waals surface area contributed by atoms with Gasteiger partial charge in [-0.15, -0.1) is 0 Å². The molecular formula is C35H41FN6O8. The number of hydrogen-bond donors (Lipinski definition) is 4. The van der Waals surface area contributed by atoms with Crippen molar-refractivity contribution in [3.8, 4) is 0 Å². The number of ether oxygens (including phenoxy) is 1.